The topological polar surface area (TPSA) is 75.7 Å². The monoisotopic (exact) mass is 337 g/mol. The van der Waals surface area contributed by atoms with Crippen LogP contribution in [0.2, 0.25) is 5.02 Å². The molecule has 0 aliphatic carbocycles. The van der Waals surface area contributed by atoms with Crippen LogP contribution in [0.25, 0.3) is 0 Å². The number of rotatable bonds is 2. The summed E-state index contributed by atoms with van der Waals surface area (Å²) in [5.74, 6) is 0.459. The molecule has 3 aromatic rings. The van der Waals surface area contributed by atoms with E-state index in [4.69, 9.17) is 11.6 Å². The molecule has 0 saturated heterocycles. The van der Waals surface area contributed by atoms with Gasteiger partial charge in [0.15, 0.2) is 0 Å². The van der Waals surface area contributed by atoms with Gasteiger partial charge in [-0.3, -0.25) is 0 Å². The van der Waals surface area contributed by atoms with Crippen LogP contribution in [0.1, 0.15) is 17.2 Å². The molecular weight excluding hydrogens is 326 g/mol. The Morgan fingerprint density at radius 2 is 1.79 bits per heavy atom. The number of hydrogen-bond acceptors (Lipinski definition) is 5. The molecule has 1 aromatic heterocycles. The fourth-order valence-electron chi connectivity index (χ4n) is 2.76. The number of hydrogen-bond donors (Lipinski definition) is 1. The van der Waals surface area contributed by atoms with E-state index in [9.17, 15) is 5.21 Å². The number of fused-ring (bicyclic) bond motifs is 1. The van der Waals surface area contributed by atoms with Crippen molar-refractivity contribution in [3.05, 3.63) is 77.1 Å². The molecule has 1 aliphatic heterocycles. The van der Waals surface area contributed by atoms with Crippen molar-refractivity contribution in [3.8, 4) is 0 Å². The van der Waals surface area contributed by atoms with Gasteiger partial charge in [-0.1, -0.05) is 59.2 Å². The van der Waals surface area contributed by atoms with Crippen LogP contribution in [-0.4, -0.2) is 31.4 Å². The predicted octanol–water partition coefficient (Wildman–Crippen LogP) is 3.49. The lowest BCUT2D eigenvalue weighted by Gasteiger charge is -2.24. The first kappa shape index (κ1) is 14.6. The molecule has 0 radical (unpaired) electrons. The van der Waals surface area contributed by atoms with E-state index in [-0.39, 0.29) is 0 Å². The van der Waals surface area contributed by atoms with Crippen molar-refractivity contribution >= 4 is 29.0 Å². The van der Waals surface area contributed by atoms with E-state index in [0.29, 0.717) is 22.4 Å². The lowest BCUT2D eigenvalue weighted by atomic mass is 9.94. The summed E-state index contributed by atoms with van der Waals surface area (Å²) < 4.78 is 1.63. The van der Waals surface area contributed by atoms with Gasteiger partial charge >= 0.3 is 0 Å². The van der Waals surface area contributed by atoms with E-state index in [1.165, 1.54) is 6.33 Å². The Balaban J connectivity index is 1.91. The maximum absolute atomic E-state index is 9.69. The zero-order valence-corrected chi connectivity index (χ0v) is 13.2. The molecule has 4 rings (SSSR count). The molecule has 1 atom stereocenters. The molecule has 0 bridgehead atoms. The Kier molecular flexibility index (Phi) is 3.59. The standard InChI is InChI=1S/C17H12ClN5O/c18-13-8-6-12(7-9-13)16-15(22-24)14(11-4-2-1-3-5-11)21-17-19-10-20-23(16)17/h1-10,16,24H/b22-15+/t16-/m0/s1. The van der Waals surface area contributed by atoms with Crippen LogP contribution in [-0.2, 0) is 0 Å². The highest BCUT2D eigenvalue weighted by Crippen LogP contribution is 2.31. The van der Waals surface area contributed by atoms with E-state index < -0.39 is 6.04 Å². The average molecular weight is 338 g/mol. The predicted molar refractivity (Wildman–Crippen MR) is 91.5 cm³/mol. The SMILES string of the molecule is O/N=C1\C(c2ccccc2)=Nc2ncnn2[C@H]1c1ccc(Cl)cc1. The minimum atomic E-state index is -0.433. The zero-order valence-electron chi connectivity index (χ0n) is 12.4. The number of halogens is 1. The summed E-state index contributed by atoms with van der Waals surface area (Å²) in [6.07, 6.45) is 1.44. The molecule has 2 aromatic carbocycles. The highest BCUT2D eigenvalue weighted by molar-refractivity contribution is 6.50. The molecular formula is C17H12ClN5O. The maximum Gasteiger partial charge on any atom is 0.249 e. The average Bonchev–Trinajstić information content (AvgIpc) is 3.10. The summed E-state index contributed by atoms with van der Waals surface area (Å²) in [7, 11) is 0. The van der Waals surface area contributed by atoms with Crippen LogP contribution in [0.4, 0.5) is 5.95 Å². The molecule has 6 nitrogen and oxygen atoms in total. The second kappa shape index (κ2) is 5.90. The molecule has 0 amide bonds. The minimum Gasteiger partial charge on any atom is -0.411 e. The van der Waals surface area contributed by atoms with Crippen molar-refractivity contribution in [2.45, 2.75) is 6.04 Å². The van der Waals surface area contributed by atoms with Crippen molar-refractivity contribution < 1.29 is 5.21 Å². The second-order valence-electron chi connectivity index (χ2n) is 5.27. The highest BCUT2D eigenvalue weighted by Gasteiger charge is 2.33. The number of aromatic nitrogens is 3. The fraction of sp³-hybridized carbons (Fsp3) is 0.0588. The van der Waals surface area contributed by atoms with Crippen molar-refractivity contribution in [3.63, 3.8) is 0 Å². The first-order valence-electron chi connectivity index (χ1n) is 7.29. The largest absolute Gasteiger partial charge is 0.411 e. The Morgan fingerprint density at radius 3 is 2.50 bits per heavy atom. The second-order valence-corrected chi connectivity index (χ2v) is 5.71. The van der Waals surface area contributed by atoms with Gasteiger partial charge in [0.2, 0.25) is 5.95 Å². The summed E-state index contributed by atoms with van der Waals surface area (Å²) >= 11 is 5.99. The summed E-state index contributed by atoms with van der Waals surface area (Å²) in [5.41, 5.74) is 2.70. The van der Waals surface area contributed by atoms with Crippen LogP contribution < -0.4 is 0 Å². The number of benzene rings is 2. The fourth-order valence-corrected chi connectivity index (χ4v) is 2.89. The van der Waals surface area contributed by atoms with Gasteiger partial charge in [0, 0.05) is 10.6 Å². The van der Waals surface area contributed by atoms with E-state index in [0.717, 1.165) is 11.1 Å². The Bertz CT molecular complexity index is 931. The van der Waals surface area contributed by atoms with Gasteiger partial charge in [-0.2, -0.15) is 10.1 Å². The maximum atomic E-state index is 9.69. The normalized spacial score (nSPS) is 18.3. The van der Waals surface area contributed by atoms with Crippen LogP contribution in [0, 0.1) is 0 Å². The Hall–Kier alpha value is -2.99. The van der Waals surface area contributed by atoms with Gasteiger partial charge in [-0.05, 0) is 17.7 Å². The summed E-state index contributed by atoms with van der Waals surface area (Å²) in [6.45, 7) is 0. The molecule has 2 heterocycles. The smallest absolute Gasteiger partial charge is 0.249 e. The van der Waals surface area contributed by atoms with Crippen LogP contribution in [0.15, 0.2) is 71.1 Å². The zero-order chi connectivity index (χ0) is 16.5. The van der Waals surface area contributed by atoms with Gasteiger partial charge < -0.3 is 5.21 Å². The number of nitrogens with zero attached hydrogens (tertiary/aromatic N) is 5. The molecule has 24 heavy (non-hydrogen) atoms. The van der Waals surface area contributed by atoms with Crippen LogP contribution in [0.5, 0.6) is 0 Å². The molecule has 0 saturated carbocycles. The first-order valence-corrected chi connectivity index (χ1v) is 7.67. The Labute approximate surface area is 142 Å². The van der Waals surface area contributed by atoms with Gasteiger partial charge in [-0.25, -0.2) is 9.67 Å². The van der Waals surface area contributed by atoms with E-state index in [2.05, 4.69) is 20.2 Å². The third kappa shape index (κ3) is 2.37. The molecule has 0 unspecified atom stereocenters. The van der Waals surface area contributed by atoms with Gasteiger partial charge in [-0.15, -0.1) is 0 Å². The molecule has 0 fully saturated rings. The van der Waals surface area contributed by atoms with E-state index in [1.807, 2.05) is 42.5 Å². The van der Waals surface area contributed by atoms with Gasteiger partial charge in [0.1, 0.15) is 23.8 Å². The molecule has 118 valence electrons. The lowest BCUT2D eigenvalue weighted by molar-refractivity contribution is 0.316. The van der Waals surface area contributed by atoms with E-state index >= 15 is 0 Å². The molecule has 7 heteroatoms. The van der Waals surface area contributed by atoms with Crippen molar-refractivity contribution in [1.29, 1.82) is 0 Å². The molecule has 1 N–H and O–H groups in total. The highest BCUT2D eigenvalue weighted by atomic mass is 35.5. The van der Waals surface area contributed by atoms with Gasteiger partial charge in [0.25, 0.3) is 0 Å². The number of oxime groups is 1. The summed E-state index contributed by atoms with van der Waals surface area (Å²) in [4.78, 5) is 8.71. The van der Waals surface area contributed by atoms with E-state index in [1.54, 1.807) is 16.8 Å². The van der Waals surface area contributed by atoms with Crippen LogP contribution >= 0.6 is 11.6 Å². The molecule has 0 spiro atoms. The third-order valence-electron chi connectivity index (χ3n) is 3.85. The summed E-state index contributed by atoms with van der Waals surface area (Å²) in [5, 5.41) is 18.1. The van der Waals surface area contributed by atoms with Crippen LogP contribution in [0.3, 0.4) is 0 Å². The van der Waals surface area contributed by atoms with Crippen molar-refractivity contribution in [2.24, 2.45) is 10.1 Å². The first-order chi connectivity index (χ1) is 11.8. The quantitative estimate of drug-likeness (QED) is 0.574. The number of aliphatic imine (C=N–C) groups is 1. The van der Waals surface area contributed by atoms with Crippen molar-refractivity contribution in [2.75, 3.05) is 0 Å². The minimum absolute atomic E-state index is 0.404. The summed E-state index contributed by atoms with van der Waals surface area (Å²) in [6, 6.07) is 16.4. The Morgan fingerprint density at radius 1 is 1.04 bits per heavy atom. The van der Waals surface area contributed by atoms with Gasteiger partial charge in [0.05, 0.1) is 0 Å². The lowest BCUT2D eigenvalue weighted by Crippen LogP contribution is -2.32. The third-order valence-corrected chi connectivity index (χ3v) is 4.10. The molecule has 1 aliphatic rings. The van der Waals surface area contributed by atoms with Crippen molar-refractivity contribution in [1.82, 2.24) is 14.8 Å².